The van der Waals surface area contributed by atoms with Crippen LogP contribution in [0.25, 0.3) is 0 Å². The first-order valence-corrected chi connectivity index (χ1v) is 16.9. The molecule has 3 fully saturated rings. The van der Waals surface area contributed by atoms with Crippen LogP contribution in [0.15, 0.2) is 12.7 Å². The van der Waals surface area contributed by atoms with Gasteiger partial charge in [0.2, 0.25) is 23.5 Å². The number of alkyl halides is 3. The van der Waals surface area contributed by atoms with Gasteiger partial charge in [-0.25, -0.2) is 4.79 Å². The predicted octanol–water partition coefficient (Wildman–Crippen LogP) is 2.77. The molecule has 3 aliphatic rings. The van der Waals surface area contributed by atoms with Crippen LogP contribution in [0.3, 0.4) is 0 Å². The number of likely N-dealkylation sites (tertiary alicyclic amines) is 1. The third kappa shape index (κ3) is 9.96. The molecule has 6 atom stereocenters. The molecule has 0 spiro atoms. The lowest BCUT2D eigenvalue weighted by Crippen LogP contribution is -2.62. The van der Waals surface area contributed by atoms with Gasteiger partial charge in [-0.3, -0.25) is 24.0 Å². The predicted molar refractivity (Wildman–Crippen MR) is 176 cm³/mol. The van der Waals surface area contributed by atoms with Crippen LogP contribution < -0.4 is 21.3 Å². The maximum Gasteiger partial charge on any atom is 0.389 e. The van der Waals surface area contributed by atoms with Gasteiger partial charge in [-0.15, -0.1) is 6.58 Å². The molecule has 0 aromatic carbocycles. The van der Waals surface area contributed by atoms with Gasteiger partial charge >= 0.3 is 12.2 Å². The molecule has 1 heterocycles. The first-order chi connectivity index (χ1) is 22.5. The molecule has 49 heavy (non-hydrogen) atoms. The molecule has 276 valence electrons. The Labute approximate surface area is 286 Å². The van der Waals surface area contributed by atoms with Gasteiger partial charge in [0.05, 0.1) is 6.04 Å². The molecule has 0 aromatic rings. The highest BCUT2D eigenvalue weighted by molar-refractivity contribution is 6.38. The van der Waals surface area contributed by atoms with E-state index < -0.39 is 78.1 Å². The lowest BCUT2D eigenvalue weighted by molar-refractivity contribution is -0.148. The van der Waals surface area contributed by atoms with E-state index in [9.17, 15) is 41.9 Å². The van der Waals surface area contributed by atoms with Crippen molar-refractivity contribution in [1.82, 2.24) is 31.1 Å². The minimum Gasteiger partial charge on any atom is -0.346 e. The number of piperidine rings is 1. The van der Waals surface area contributed by atoms with E-state index in [-0.39, 0.29) is 42.2 Å². The van der Waals surface area contributed by atoms with Crippen LogP contribution in [-0.4, -0.2) is 102 Å². The van der Waals surface area contributed by atoms with Crippen LogP contribution in [0, 0.1) is 34.5 Å². The molecule has 2 saturated carbocycles. The lowest BCUT2D eigenvalue weighted by Gasteiger charge is -2.38. The van der Waals surface area contributed by atoms with Gasteiger partial charge in [0.15, 0.2) is 0 Å². The van der Waals surface area contributed by atoms with Crippen LogP contribution in [0.5, 0.6) is 0 Å². The topological polar surface area (TPSA) is 157 Å². The fraction of sp³-hybridized carbons (Fsp3) is 0.765. The summed E-state index contributed by atoms with van der Waals surface area (Å²) in [6.07, 6.45) is -3.55. The number of carbonyl (C=O) groups is 6. The minimum absolute atomic E-state index is 0.106. The van der Waals surface area contributed by atoms with Crippen LogP contribution in [-0.2, 0) is 24.0 Å². The number of hydrogen-bond donors (Lipinski definition) is 4. The van der Waals surface area contributed by atoms with Crippen LogP contribution in [0.2, 0.25) is 0 Å². The van der Waals surface area contributed by atoms with Gasteiger partial charge in [-0.2, -0.15) is 13.2 Å². The van der Waals surface area contributed by atoms with E-state index >= 15 is 0 Å². The Morgan fingerprint density at radius 1 is 1.02 bits per heavy atom. The second-order valence-electron chi connectivity index (χ2n) is 15.8. The van der Waals surface area contributed by atoms with E-state index in [0.717, 1.165) is 12.8 Å². The quantitative estimate of drug-likeness (QED) is 0.152. The number of carbonyl (C=O) groups excluding carboxylic acids is 6. The Morgan fingerprint density at radius 3 is 2.14 bits per heavy atom. The Hall–Kier alpha value is -3.65. The molecule has 0 aromatic heterocycles. The monoisotopic (exact) mass is 698 g/mol. The van der Waals surface area contributed by atoms with Crippen molar-refractivity contribution in [3.63, 3.8) is 0 Å². The standard InChI is InChI=1S/C34H53F3N6O6/c1-10-15-38-28(46)25(44)21(13-14-34(35,36)37)39-27(45)24-22-20(33(22,7)8)17-43(24)30(48)26(32(4,5)6)41-31(49)40-23(18(2)3)29(47)42(9)16-19-11-12-19/h10,18-24,26H,1,11-17H2,2-9H3,(H,38,46)(H,39,45)(H2,40,41,49)/t20-,21?,22-,23-,24-,26+/m0/s1. The first-order valence-electron chi connectivity index (χ1n) is 16.9. The number of likely N-dealkylation sites (N-methyl/N-ethyl adjacent to an activating group) is 1. The number of rotatable bonds is 15. The zero-order chi connectivity index (χ0) is 37.2. The molecule has 1 saturated heterocycles. The Kier molecular flexibility index (Phi) is 12.2. The summed E-state index contributed by atoms with van der Waals surface area (Å²) in [5, 5.41) is 10.0. The molecule has 0 bridgehead atoms. The van der Waals surface area contributed by atoms with E-state index in [1.807, 2.05) is 13.8 Å². The van der Waals surface area contributed by atoms with E-state index in [0.29, 0.717) is 12.5 Å². The average Bonchev–Trinajstić information content (AvgIpc) is 3.84. The summed E-state index contributed by atoms with van der Waals surface area (Å²) in [5.74, 6) is -4.40. The number of nitrogens with one attached hydrogen (secondary N) is 4. The summed E-state index contributed by atoms with van der Waals surface area (Å²) in [7, 11) is 1.69. The summed E-state index contributed by atoms with van der Waals surface area (Å²) in [5.41, 5.74) is -1.25. The summed E-state index contributed by atoms with van der Waals surface area (Å²) in [6, 6.07) is -5.71. The number of halogens is 3. The first kappa shape index (κ1) is 39.8. The van der Waals surface area contributed by atoms with Crippen LogP contribution in [0.4, 0.5) is 18.0 Å². The second kappa shape index (κ2) is 15.1. The fourth-order valence-electron chi connectivity index (χ4n) is 6.71. The smallest absolute Gasteiger partial charge is 0.346 e. The zero-order valence-electron chi connectivity index (χ0n) is 29.8. The number of fused-ring (bicyclic) bond motifs is 1. The van der Waals surface area contributed by atoms with Crippen molar-refractivity contribution < 1.29 is 41.9 Å². The maximum atomic E-state index is 14.3. The van der Waals surface area contributed by atoms with Crippen molar-refractivity contribution in [2.24, 2.45) is 34.5 Å². The highest BCUT2D eigenvalue weighted by Gasteiger charge is 2.70. The number of Topliss-reactive ketones (excluding diaryl/α,β-unsaturated/α-hetero) is 1. The van der Waals surface area contributed by atoms with E-state index in [2.05, 4.69) is 27.8 Å². The van der Waals surface area contributed by atoms with Gasteiger partial charge < -0.3 is 31.1 Å². The third-order valence-electron chi connectivity index (χ3n) is 9.95. The number of nitrogens with zero attached hydrogens (tertiary/aromatic N) is 2. The molecule has 1 aliphatic heterocycles. The van der Waals surface area contributed by atoms with Crippen molar-refractivity contribution >= 4 is 35.4 Å². The van der Waals surface area contributed by atoms with Crippen molar-refractivity contribution in [1.29, 1.82) is 0 Å². The Morgan fingerprint density at radius 2 is 1.63 bits per heavy atom. The molecule has 4 N–H and O–H groups in total. The minimum atomic E-state index is -4.65. The van der Waals surface area contributed by atoms with E-state index in [4.69, 9.17) is 0 Å². The Balaban J connectivity index is 1.83. The summed E-state index contributed by atoms with van der Waals surface area (Å²) in [4.78, 5) is 82.9. The van der Waals surface area contributed by atoms with Crippen molar-refractivity contribution in [2.45, 2.75) is 104 Å². The van der Waals surface area contributed by atoms with Gasteiger partial charge in [0.1, 0.15) is 18.1 Å². The molecular formula is C34H53F3N6O6. The maximum absolute atomic E-state index is 14.3. The highest BCUT2D eigenvalue weighted by Crippen LogP contribution is 2.65. The summed E-state index contributed by atoms with van der Waals surface area (Å²) >= 11 is 0. The van der Waals surface area contributed by atoms with E-state index in [1.165, 1.54) is 11.0 Å². The molecule has 6 amide bonds. The van der Waals surface area contributed by atoms with Gasteiger partial charge in [0.25, 0.3) is 5.91 Å². The second-order valence-corrected chi connectivity index (χ2v) is 15.8. The third-order valence-corrected chi connectivity index (χ3v) is 9.95. The summed E-state index contributed by atoms with van der Waals surface area (Å²) < 4.78 is 39.5. The number of amides is 6. The molecule has 1 unspecified atom stereocenters. The average molecular weight is 699 g/mol. The van der Waals surface area contributed by atoms with Crippen molar-refractivity contribution in [2.75, 3.05) is 26.7 Å². The zero-order valence-corrected chi connectivity index (χ0v) is 29.8. The van der Waals surface area contributed by atoms with Crippen molar-refractivity contribution in [3.8, 4) is 0 Å². The summed E-state index contributed by atoms with van der Waals surface area (Å²) in [6.45, 7) is 16.7. The molecule has 0 radical (unpaired) electrons. The van der Waals surface area contributed by atoms with Gasteiger partial charge in [-0.1, -0.05) is 54.5 Å². The van der Waals surface area contributed by atoms with Gasteiger partial charge in [-0.05, 0) is 53.8 Å². The van der Waals surface area contributed by atoms with Crippen molar-refractivity contribution in [3.05, 3.63) is 12.7 Å². The molecule has 2 aliphatic carbocycles. The number of urea groups is 1. The van der Waals surface area contributed by atoms with Crippen LogP contribution in [0.1, 0.15) is 74.1 Å². The molecule has 12 nitrogen and oxygen atoms in total. The fourth-order valence-corrected chi connectivity index (χ4v) is 6.71. The molecule has 15 heteroatoms. The number of ketones is 1. The number of hydrogen-bond acceptors (Lipinski definition) is 6. The van der Waals surface area contributed by atoms with E-state index in [1.54, 1.807) is 46.6 Å². The van der Waals surface area contributed by atoms with Gasteiger partial charge in [0, 0.05) is 33.1 Å². The highest BCUT2D eigenvalue weighted by atomic mass is 19.4. The SMILES string of the molecule is C=CCNC(=O)C(=O)C(CCC(F)(F)F)NC(=O)[C@@H]1[C@@H]2[C@H](CN1C(=O)[C@@H](NC(=O)N[C@H](C(=O)N(C)CC1CC1)C(C)C)C(C)(C)C)C2(C)C. The lowest BCUT2D eigenvalue weighted by atomic mass is 9.85. The molecule has 3 rings (SSSR count). The Bertz CT molecular complexity index is 1310. The largest absolute Gasteiger partial charge is 0.389 e. The normalized spacial score (nSPS) is 23.0. The van der Waals surface area contributed by atoms with Crippen LogP contribution >= 0.6 is 0 Å². The molecular weight excluding hydrogens is 645 g/mol.